The van der Waals surface area contributed by atoms with Crippen molar-refractivity contribution in [3.63, 3.8) is 0 Å². The van der Waals surface area contributed by atoms with Gasteiger partial charge in [0, 0.05) is 12.0 Å². The average Bonchev–Trinajstić information content (AvgIpc) is 3.17. The Balaban J connectivity index is 1.58. The molecule has 2 aromatic rings. The fourth-order valence-corrected chi connectivity index (χ4v) is 3.03. The fourth-order valence-electron chi connectivity index (χ4n) is 3.03. The Labute approximate surface area is 153 Å². The van der Waals surface area contributed by atoms with E-state index in [0.717, 1.165) is 17.7 Å². The Morgan fingerprint density at radius 1 is 1.35 bits per heavy atom. The summed E-state index contributed by atoms with van der Waals surface area (Å²) in [6.45, 7) is 8.65. The maximum atomic E-state index is 12.4. The SMILES string of the molecule is CC(C)C(Cn1nccn1)NC(=O)COc1cccc2c1OC(C)(C)C2. The molecule has 1 aliphatic heterocycles. The molecule has 0 radical (unpaired) electrons. The van der Waals surface area contributed by atoms with Crippen molar-refractivity contribution in [2.75, 3.05) is 6.61 Å². The van der Waals surface area contributed by atoms with Gasteiger partial charge in [-0.3, -0.25) is 4.79 Å². The molecule has 26 heavy (non-hydrogen) atoms. The van der Waals surface area contributed by atoms with E-state index in [0.29, 0.717) is 12.3 Å². The first kappa shape index (κ1) is 18.2. The van der Waals surface area contributed by atoms with Crippen LogP contribution in [0.4, 0.5) is 0 Å². The lowest BCUT2D eigenvalue weighted by Gasteiger charge is -2.22. The monoisotopic (exact) mass is 358 g/mol. The minimum Gasteiger partial charge on any atom is -0.483 e. The molecule has 7 heteroatoms. The van der Waals surface area contributed by atoms with Gasteiger partial charge in [-0.1, -0.05) is 26.0 Å². The van der Waals surface area contributed by atoms with Crippen LogP contribution in [-0.4, -0.2) is 39.2 Å². The van der Waals surface area contributed by atoms with Gasteiger partial charge in [0.25, 0.3) is 5.91 Å². The van der Waals surface area contributed by atoms with Gasteiger partial charge in [0.15, 0.2) is 18.1 Å². The third-order valence-corrected chi connectivity index (χ3v) is 4.39. The summed E-state index contributed by atoms with van der Waals surface area (Å²) >= 11 is 0. The van der Waals surface area contributed by atoms with Crippen LogP contribution in [0.1, 0.15) is 33.3 Å². The van der Waals surface area contributed by atoms with E-state index in [1.54, 1.807) is 17.2 Å². The molecule has 0 saturated heterocycles. The summed E-state index contributed by atoms with van der Waals surface area (Å²) in [5.41, 5.74) is 0.863. The first-order chi connectivity index (χ1) is 12.3. The average molecular weight is 358 g/mol. The Bertz CT molecular complexity index is 756. The summed E-state index contributed by atoms with van der Waals surface area (Å²) in [7, 11) is 0. The van der Waals surface area contributed by atoms with Crippen LogP contribution in [0.25, 0.3) is 0 Å². The summed E-state index contributed by atoms with van der Waals surface area (Å²) in [6, 6.07) is 5.72. The zero-order valence-corrected chi connectivity index (χ0v) is 15.7. The van der Waals surface area contributed by atoms with E-state index in [4.69, 9.17) is 9.47 Å². The number of nitrogens with zero attached hydrogens (tertiary/aromatic N) is 3. The van der Waals surface area contributed by atoms with E-state index in [9.17, 15) is 4.79 Å². The Morgan fingerprint density at radius 3 is 2.77 bits per heavy atom. The predicted molar refractivity (Wildman–Crippen MR) is 97.1 cm³/mol. The van der Waals surface area contributed by atoms with Crippen LogP contribution in [0.3, 0.4) is 0 Å². The second-order valence-corrected chi connectivity index (χ2v) is 7.57. The quantitative estimate of drug-likeness (QED) is 0.821. The minimum absolute atomic E-state index is 0.0595. The van der Waals surface area contributed by atoms with Crippen LogP contribution in [-0.2, 0) is 17.8 Å². The molecule has 0 fully saturated rings. The van der Waals surface area contributed by atoms with Gasteiger partial charge in [0.05, 0.1) is 25.0 Å². The molecule has 0 saturated carbocycles. The molecule has 0 bridgehead atoms. The lowest BCUT2D eigenvalue weighted by molar-refractivity contribution is -0.124. The van der Waals surface area contributed by atoms with Gasteiger partial charge < -0.3 is 14.8 Å². The first-order valence-electron chi connectivity index (χ1n) is 8.91. The highest BCUT2D eigenvalue weighted by Gasteiger charge is 2.32. The second kappa shape index (κ2) is 7.35. The highest BCUT2D eigenvalue weighted by Crippen LogP contribution is 2.41. The van der Waals surface area contributed by atoms with Crippen LogP contribution < -0.4 is 14.8 Å². The van der Waals surface area contributed by atoms with Gasteiger partial charge in [-0.05, 0) is 25.8 Å². The Kier molecular flexibility index (Phi) is 5.15. The molecule has 1 atom stereocenters. The van der Waals surface area contributed by atoms with Crippen LogP contribution >= 0.6 is 0 Å². The summed E-state index contributed by atoms with van der Waals surface area (Å²) in [5, 5.41) is 11.2. The number of aromatic nitrogens is 3. The van der Waals surface area contributed by atoms with Crippen LogP contribution in [0.15, 0.2) is 30.6 Å². The molecule has 1 aromatic heterocycles. The largest absolute Gasteiger partial charge is 0.483 e. The van der Waals surface area contributed by atoms with Crippen molar-refractivity contribution in [3.05, 3.63) is 36.2 Å². The van der Waals surface area contributed by atoms with E-state index in [1.807, 2.05) is 32.0 Å². The lowest BCUT2D eigenvalue weighted by atomic mass is 10.0. The second-order valence-electron chi connectivity index (χ2n) is 7.57. The summed E-state index contributed by atoms with van der Waals surface area (Å²) in [5.74, 6) is 1.42. The smallest absolute Gasteiger partial charge is 0.258 e. The number of carbonyl (C=O) groups is 1. The minimum atomic E-state index is -0.246. The molecular weight excluding hydrogens is 332 g/mol. The maximum absolute atomic E-state index is 12.4. The molecule has 3 rings (SSSR count). The van der Waals surface area contributed by atoms with Gasteiger partial charge in [0.2, 0.25) is 0 Å². The standard InChI is InChI=1S/C19H26N4O3/c1-13(2)15(11-23-20-8-9-21-23)22-17(24)12-25-16-7-5-6-14-10-19(3,4)26-18(14)16/h5-9,13,15H,10-12H2,1-4H3,(H,22,24). The van der Waals surface area contributed by atoms with Crippen LogP contribution in [0, 0.1) is 5.92 Å². The van der Waals surface area contributed by atoms with Gasteiger partial charge in [0.1, 0.15) is 5.60 Å². The third kappa shape index (κ3) is 4.33. The molecule has 0 aliphatic carbocycles. The predicted octanol–water partition coefficient (Wildman–Crippen LogP) is 2.21. The fraction of sp³-hybridized carbons (Fsp3) is 0.526. The van der Waals surface area contributed by atoms with E-state index < -0.39 is 0 Å². The Morgan fingerprint density at radius 2 is 2.08 bits per heavy atom. The molecule has 140 valence electrons. The molecule has 1 aromatic carbocycles. The molecule has 1 unspecified atom stereocenters. The van der Waals surface area contributed by atoms with Crippen molar-refractivity contribution in [1.29, 1.82) is 0 Å². The van der Waals surface area contributed by atoms with Crippen molar-refractivity contribution in [1.82, 2.24) is 20.3 Å². The number of benzene rings is 1. The topological polar surface area (TPSA) is 78.3 Å². The van der Waals surface area contributed by atoms with Gasteiger partial charge in [-0.25, -0.2) is 0 Å². The Hall–Kier alpha value is -2.57. The van der Waals surface area contributed by atoms with Gasteiger partial charge >= 0.3 is 0 Å². The van der Waals surface area contributed by atoms with E-state index in [2.05, 4.69) is 29.4 Å². The highest BCUT2D eigenvalue weighted by molar-refractivity contribution is 5.78. The van der Waals surface area contributed by atoms with E-state index in [1.165, 1.54) is 0 Å². The number of ether oxygens (including phenoxy) is 2. The molecule has 1 aliphatic rings. The number of amides is 1. The normalized spacial score (nSPS) is 16.0. The van der Waals surface area contributed by atoms with Crippen molar-refractivity contribution in [2.45, 2.75) is 52.3 Å². The molecule has 1 N–H and O–H groups in total. The number of fused-ring (bicyclic) bond motifs is 1. The van der Waals surface area contributed by atoms with Crippen molar-refractivity contribution < 1.29 is 14.3 Å². The summed E-state index contributed by atoms with van der Waals surface area (Å²) in [4.78, 5) is 13.9. The molecule has 7 nitrogen and oxygen atoms in total. The molecule has 1 amide bonds. The van der Waals surface area contributed by atoms with E-state index in [-0.39, 0.29) is 30.1 Å². The number of carbonyl (C=O) groups excluding carboxylic acids is 1. The number of nitrogens with one attached hydrogen (secondary N) is 1. The summed E-state index contributed by atoms with van der Waals surface area (Å²) < 4.78 is 11.7. The third-order valence-electron chi connectivity index (χ3n) is 4.39. The van der Waals surface area contributed by atoms with Crippen LogP contribution in [0.2, 0.25) is 0 Å². The van der Waals surface area contributed by atoms with E-state index >= 15 is 0 Å². The summed E-state index contributed by atoms with van der Waals surface area (Å²) in [6.07, 6.45) is 4.08. The van der Waals surface area contributed by atoms with Crippen molar-refractivity contribution in [2.24, 2.45) is 5.92 Å². The molecule has 0 spiro atoms. The molecular formula is C19H26N4O3. The number of rotatable bonds is 7. The highest BCUT2D eigenvalue weighted by atomic mass is 16.5. The van der Waals surface area contributed by atoms with Gasteiger partial charge in [-0.2, -0.15) is 15.0 Å². The van der Waals surface area contributed by atoms with Gasteiger partial charge in [-0.15, -0.1) is 0 Å². The number of para-hydroxylation sites is 1. The van der Waals surface area contributed by atoms with Crippen molar-refractivity contribution in [3.8, 4) is 11.5 Å². The zero-order valence-electron chi connectivity index (χ0n) is 15.7. The van der Waals surface area contributed by atoms with Crippen molar-refractivity contribution >= 4 is 5.91 Å². The maximum Gasteiger partial charge on any atom is 0.258 e. The zero-order chi connectivity index (χ0) is 18.7. The van der Waals surface area contributed by atoms with Crippen LogP contribution in [0.5, 0.6) is 11.5 Å². The number of hydrogen-bond donors (Lipinski definition) is 1. The lowest BCUT2D eigenvalue weighted by Crippen LogP contribution is -2.44. The number of hydrogen-bond acceptors (Lipinski definition) is 5. The first-order valence-corrected chi connectivity index (χ1v) is 8.91. The molecule has 2 heterocycles.